The minimum Gasteiger partial charge on any atom is -0.508 e. The third kappa shape index (κ3) is 3.81. The SMILES string of the molecule is COc1cc(O)cc(CCc2ccc(OC)c(OC)c2)c1. The smallest absolute Gasteiger partial charge is 0.160 e. The number of hydrogen-bond donors (Lipinski definition) is 1. The van der Waals surface area contributed by atoms with Crippen LogP contribution in [0, 0.1) is 0 Å². The van der Waals surface area contributed by atoms with E-state index in [1.165, 1.54) is 0 Å². The first kappa shape index (κ1) is 15.0. The van der Waals surface area contributed by atoms with Gasteiger partial charge in [-0.1, -0.05) is 6.07 Å². The Hall–Kier alpha value is -2.36. The second-order valence-electron chi connectivity index (χ2n) is 4.73. The third-order valence-corrected chi connectivity index (χ3v) is 3.34. The molecule has 2 aromatic rings. The summed E-state index contributed by atoms with van der Waals surface area (Å²) in [6.45, 7) is 0. The number of phenolic OH excluding ortho intramolecular Hbond substituents is 1. The minimum absolute atomic E-state index is 0.219. The van der Waals surface area contributed by atoms with Crippen LogP contribution in [0.3, 0.4) is 0 Å². The van der Waals surface area contributed by atoms with Gasteiger partial charge in [0.15, 0.2) is 11.5 Å². The van der Waals surface area contributed by atoms with Crippen molar-refractivity contribution in [1.82, 2.24) is 0 Å². The van der Waals surface area contributed by atoms with E-state index in [2.05, 4.69) is 0 Å². The van der Waals surface area contributed by atoms with E-state index >= 15 is 0 Å². The molecule has 1 N–H and O–H groups in total. The van der Waals surface area contributed by atoms with Gasteiger partial charge in [0, 0.05) is 6.07 Å². The fraction of sp³-hybridized carbons (Fsp3) is 0.294. The second kappa shape index (κ2) is 6.88. The fourth-order valence-corrected chi connectivity index (χ4v) is 2.23. The molecule has 0 spiro atoms. The van der Waals surface area contributed by atoms with Crippen molar-refractivity contribution >= 4 is 0 Å². The highest BCUT2D eigenvalue weighted by molar-refractivity contribution is 5.43. The highest BCUT2D eigenvalue weighted by atomic mass is 16.5. The summed E-state index contributed by atoms with van der Waals surface area (Å²) >= 11 is 0. The van der Waals surface area contributed by atoms with Crippen molar-refractivity contribution in [2.45, 2.75) is 12.8 Å². The fourth-order valence-electron chi connectivity index (χ4n) is 2.23. The van der Waals surface area contributed by atoms with Crippen molar-refractivity contribution in [1.29, 1.82) is 0 Å². The Bertz CT molecular complexity index is 608. The normalized spacial score (nSPS) is 10.2. The van der Waals surface area contributed by atoms with Crippen LogP contribution < -0.4 is 14.2 Å². The summed E-state index contributed by atoms with van der Waals surface area (Å²) in [5.74, 6) is 2.33. The molecule has 2 aromatic carbocycles. The zero-order valence-electron chi connectivity index (χ0n) is 12.6. The van der Waals surface area contributed by atoms with E-state index in [1.807, 2.05) is 24.3 Å². The van der Waals surface area contributed by atoms with E-state index in [1.54, 1.807) is 33.5 Å². The first-order valence-corrected chi connectivity index (χ1v) is 6.74. The highest BCUT2D eigenvalue weighted by Gasteiger charge is 2.06. The van der Waals surface area contributed by atoms with Crippen LogP contribution in [0.5, 0.6) is 23.0 Å². The molecule has 2 rings (SSSR count). The molecule has 0 fully saturated rings. The summed E-state index contributed by atoms with van der Waals surface area (Å²) < 4.78 is 15.7. The van der Waals surface area contributed by atoms with Gasteiger partial charge in [0.2, 0.25) is 0 Å². The maximum Gasteiger partial charge on any atom is 0.160 e. The zero-order chi connectivity index (χ0) is 15.2. The Morgan fingerprint density at radius 1 is 0.762 bits per heavy atom. The van der Waals surface area contributed by atoms with E-state index < -0.39 is 0 Å². The van der Waals surface area contributed by atoms with Gasteiger partial charge in [-0.3, -0.25) is 0 Å². The van der Waals surface area contributed by atoms with Crippen LogP contribution in [-0.2, 0) is 12.8 Å². The standard InChI is InChI=1S/C17H20O4/c1-19-15-9-13(8-14(18)11-15)5-4-12-6-7-16(20-2)17(10-12)21-3/h6-11,18H,4-5H2,1-3H3. The van der Waals surface area contributed by atoms with Crippen molar-refractivity contribution in [3.63, 3.8) is 0 Å². The van der Waals surface area contributed by atoms with Crippen LogP contribution in [0.25, 0.3) is 0 Å². The second-order valence-corrected chi connectivity index (χ2v) is 4.73. The monoisotopic (exact) mass is 288 g/mol. The molecule has 0 amide bonds. The number of aryl methyl sites for hydroxylation is 2. The molecule has 0 aromatic heterocycles. The van der Waals surface area contributed by atoms with Crippen molar-refractivity contribution in [2.24, 2.45) is 0 Å². The van der Waals surface area contributed by atoms with Crippen LogP contribution >= 0.6 is 0 Å². The zero-order valence-corrected chi connectivity index (χ0v) is 12.6. The largest absolute Gasteiger partial charge is 0.508 e. The number of ether oxygens (including phenoxy) is 3. The number of phenols is 1. The number of hydrogen-bond acceptors (Lipinski definition) is 4. The molecule has 0 unspecified atom stereocenters. The highest BCUT2D eigenvalue weighted by Crippen LogP contribution is 2.28. The van der Waals surface area contributed by atoms with Gasteiger partial charge in [0.1, 0.15) is 11.5 Å². The molecule has 0 aliphatic heterocycles. The van der Waals surface area contributed by atoms with E-state index in [9.17, 15) is 5.11 Å². The van der Waals surface area contributed by atoms with Crippen LogP contribution in [0.1, 0.15) is 11.1 Å². The third-order valence-electron chi connectivity index (χ3n) is 3.34. The Labute approximate surface area is 124 Å². The lowest BCUT2D eigenvalue weighted by Gasteiger charge is -2.10. The Morgan fingerprint density at radius 2 is 1.48 bits per heavy atom. The summed E-state index contributed by atoms with van der Waals surface area (Å²) in [7, 11) is 4.84. The molecule has 0 aliphatic carbocycles. The van der Waals surface area contributed by atoms with Gasteiger partial charge in [-0.25, -0.2) is 0 Å². The lowest BCUT2D eigenvalue weighted by molar-refractivity contribution is 0.354. The van der Waals surface area contributed by atoms with E-state index in [4.69, 9.17) is 14.2 Å². The van der Waals surface area contributed by atoms with Crippen LogP contribution in [0.4, 0.5) is 0 Å². The maximum atomic E-state index is 9.66. The molecule has 0 saturated carbocycles. The van der Waals surface area contributed by atoms with Gasteiger partial charge in [0.05, 0.1) is 21.3 Å². The molecule has 0 aliphatic rings. The summed E-state index contributed by atoms with van der Waals surface area (Å²) in [5.41, 5.74) is 2.18. The van der Waals surface area contributed by atoms with Gasteiger partial charge >= 0.3 is 0 Å². The van der Waals surface area contributed by atoms with Gasteiger partial charge in [-0.2, -0.15) is 0 Å². The number of rotatable bonds is 6. The molecule has 4 nitrogen and oxygen atoms in total. The lowest BCUT2D eigenvalue weighted by atomic mass is 10.0. The molecule has 0 atom stereocenters. The van der Waals surface area contributed by atoms with E-state index in [0.717, 1.165) is 35.5 Å². The molecule has 0 radical (unpaired) electrons. The predicted molar refractivity (Wildman–Crippen MR) is 81.6 cm³/mol. The Kier molecular flexibility index (Phi) is 4.93. The lowest BCUT2D eigenvalue weighted by Crippen LogP contribution is -1.95. The van der Waals surface area contributed by atoms with Crippen LogP contribution in [0.2, 0.25) is 0 Å². The summed E-state index contributed by atoms with van der Waals surface area (Å²) in [5, 5.41) is 9.66. The average molecular weight is 288 g/mol. The molecule has 0 bridgehead atoms. The molecule has 4 heteroatoms. The first-order chi connectivity index (χ1) is 10.2. The molecule has 0 saturated heterocycles. The molecule has 21 heavy (non-hydrogen) atoms. The van der Waals surface area contributed by atoms with Crippen LogP contribution in [-0.4, -0.2) is 26.4 Å². The summed E-state index contributed by atoms with van der Waals surface area (Å²) in [6, 6.07) is 11.2. The molecular weight excluding hydrogens is 268 g/mol. The average Bonchev–Trinajstić information content (AvgIpc) is 2.52. The molecular formula is C17H20O4. The predicted octanol–water partition coefficient (Wildman–Crippen LogP) is 3.20. The molecule has 112 valence electrons. The van der Waals surface area contributed by atoms with Gasteiger partial charge in [-0.05, 0) is 48.2 Å². The first-order valence-electron chi connectivity index (χ1n) is 6.74. The van der Waals surface area contributed by atoms with Crippen molar-refractivity contribution in [3.8, 4) is 23.0 Å². The van der Waals surface area contributed by atoms with Crippen LogP contribution in [0.15, 0.2) is 36.4 Å². The van der Waals surface area contributed by atoms with E-state index in [0.29, 0.717) is 5.75 Å². The van der Waals surface area contributed by atoms with E-state index in [-0.39, 0.29) is 5.75 Å². The van der Waals surface area contributed by atoms with Gasteiger partial charge in [0.25, 0.3) is 0 Å². The minimum atomic E-state index is 0.219. The summed E-state index contributed by atoms with van der Waals surface area (Å²) in [4.78, 5) is 0. The number of methoxy groups -OCH3 is 3. The number of benzene rings is 2. The van der Waals surface area contributed by atoms with Gasteiger partial charge in [-0.15, -0.1) is 0 Å². The van der Waals surface area contributed by atoms with Crippen molar-refractivity contribution < 1.29 is 19.3 Å². The van der Waals surface area contributed by atoms with Crippen molar-refractivity contribution in [2.75, 3.05) is 21.3 Å². The Balaban J connectivity index is 2.11. The number of aromatic hydroxyl groups is 1. The molecule has 0 heterocycles. The van der Waals surface area contributed by atoms with Crippen molar-refractivity contribution in [3.05, 3.63) is 47.5 Å². The topological polar surface area (TPSA) is 47.9 Å². The quantitative estimate of drug-likeness (QED) is 0.886. The maximum absolute atomic E-state index is 9.66. The van der Waals surface area contributed by atoms with Gasteiger partial charge < -0.3 is 19.3 Å². The summed E-state index contributed by atoms with van der Waals surface area (Å²) in [6.07, 6.45) is 1.65. The Morgan fingerprint density at radius 3 is 2.14 bits per heavy atom.